The number of fused-ring (bicyclic) bond motifs is 1. The van der Waals surface area contributed by atoms with E-state index in [1.165, 1.54) is 34.8 Å². The molecule has 0 aromatic carbocycles. The molecule has 1 aliphatic heterocycles. The number of rotatable bonds is 3. The van der Waals surface area contributed by atoms with Gasteiger partial charge in [-0.15, -0.1) is 11.3 Å². The van der Waals surface area contributed by atoms with Crippen molar-refractivity contribution in [2.24, 2.45) is 0 Å². The Labute approximate surface area is 117 Å². The van der Waals surface area contributed by atoms with E-state index in [0.29, 0.717) is 6.04 Å². The summed E-state index contributed by atoms with van der Waals surface area (Å²) < 4.78 is 5.84. The maximum Gasteiger partial charge on any atom is 0.123 e. The van der Waals surface area contributed by atoms with Crippen LogP contribution in [-0.2, 0) is 11.2 Å². The molecule has 1 aromatic heterocycles. The summed E-state index contributed by atoms with van der Waals surface area (Å²) in [4.78, 5) is 6.38. The SMILES string of the molecule is CCNC1CCCc2sc(C3CSCCO3)nc21. The van der Waals surface area contributed by atoms with Crippen molar-refractivity contribution >= 4 is 23.1 Å². The summed E-state index contributed by atoms with van der Waals surface area (Å²) in [6.07, 6.45) is 3.95. The molecule has 0 saturated carbocycles. The molecule has 2 heterocycles. The highest BCUT2D eigenvalue weighted by Crippen LogP contribution is 2.37. The second kappa shape index (κ2) is 5.90. The summed E-state index contributed by atoms with van der Waals surface area (Å²) in [5.74, 6) is 2.19. The van der Waals surface area contributed by atoms with E-state index in [4.69, 9.17) is 9.72 Å². The van der Waals surface area contributed by atoms with Crippen LogP contribution < -0.4 is 5.32 Å². The quantitative estimate of drug-likeness (QED) is 0.925. The normalized spacial score (nSPS) is 28.1. The Morgan fingerprint density at radius 2 is 2.44 bits per heavy atom. The van der Waals surface area contributed by atoms with Crippen LogP contribution in [-0.4, -0.2) is 29.6 Å². The Balaban J connectivity index is 1.81. The fraction of sp³-hybridized carbons (Fsp3) is 0.769. The standard InChI is InChI=1S/C13H20N2OS2/c1-2-14-9-4-3-5-11-12(9)15-13(18-11)10-8-17-7-6-16-10/h9-10,14H,2-8H2,1H3. The van der Waals surface area contributed by atoms with Crippen molar-refractivity contribution in [3.05, 3.63) is 15.6 Å². The molecule has 0 spiro atoms. The summed E-state index contributed by atoms with van der Waals surface area (Å²) in [6.45, 7) is 4.06. The lowest BCUT2D eigenvalue weighted by atomic mass is 9.98. The van der Waals surface area contributed by atoms with Crippen LogP contribution >= 0.6 is 23.1 Å². The molecule has 2 atom stereocenters. The highest BCUT2D eigenvalue weighted by atomic mass is 32.2. The van der Waals surface area contributed by atoms with Crippen LogP contribution in [0.2, 0.25) is 0 Å². The predicted molar refractivity (Wildman–Crippen MR) is 77.5 cm³/mol. The van der Waals surface area contributed by atoms with Gasteiger partial charge in [0.1, 0.15) is 11.1 Å². The molecule has 2 aliphatic rings. The topological polar surface area (TPSA) is 34.1 Å². The lowest BCUT2D eigenvalue weighted by Gasteiger charge is -2.21. The average Bonchev–Trinajstić information content (AvgIpc) is 2.85. The lowest BCUT2D eigenvalue weighted by Crippen LogP contribution is -2.24. The summed E-state index contributed by atoms with van der Waals surface area (Å²) in [7, 11) is 0. The van der Waals surface area contributed by atoms with Gasteiger partial charge in [-0.2, -0.15) is 11.8 Å². The molecule has 0 radical (unpaired) electrons. The molecule has 100 valence electrons. The first-order valence-corrected chi connectivity index (χ1v) is 8.78. The molecule has 5 heteroatoms. The average molecular weight is 284 g/mol. The van der Waals surface area contributed by atoms with Gasteiger partial charge in [-0.3, -0.25) is 0 Å². The number of nitrogens with zero attached hydrogens (tertiary/aromatic N) is 1. The van der Waals surface area contributed by atoms with Crippen LogP contribution in [0.5, 0.6) is 0 Å². The van der Waals surface area contributed by atoms with Crippen molar-refractivity contribution < 1.29 is 4.74 Å². The number of thiazole rings is 1. The number of hydrogen-bond donors (Lipinski definition) is 1. The molecule has 0 bridgehead atoms. The monoisotopic (exact) mass is 284 g/mol. The van der Waals surface area contributed by atoms with Crippen LogP contribution in [0.25, 0.3) is 0 Å². The van der Waals surface area contributed by atoms with E-state index in [-0.39, 0.29) is 6.10 Å². The van der Waals surface area contributed by atoms with Gasteiger partial charge in [0.25, 0.3) is 0 Å². The molecule has 1 fully saturated rings. The van der Waals surface area contributed by atoms with Crippen LogP contribution in [0.1, 0.15) is 47.5 Å². The van der Waals surface area contributed by atoms with Gasteiger partial charge in [0.15, 0.2) is 0 Å². The zero-order valence-electron chi connectivity index (χ0n) is 10.8. The van der Waals surface area contributed by atoms with Crippen LogP contribution in [0, 0.1) is 0 Å². The van der Waals surface area contributed by atoms with Gasteiger partial charge in [-0.1, -0.05) is 6.92 Å². The minimum absolute atomic E-state index is 0.238. The van der Waals surface area contributed by atoms with Crippen molar-refractivity contribution in [2.75, 3.05) is 24.7 Å². The number of aryl methyl sites for hydroxylation is 1. The predicted octanol–water partition coefficient (Wildman–Crippen LogP) is 2.93. The second-order valence-corrected chi connectivity index (χ2v) is 7.06. The summed E-state index contributed by atoms with van der Waals surface area (Å²) >= 11 is 3.86. The smallest absolute Gasteiger partial charge is 0.123 e. The maximum absolute atomic E-state index is 5.84. The fourth-order valence-electron chi connectivity index (χ4n) is 2.65. The Kier molecular flexibility index (Phi) is 4.23. The largest absolute Gasteiger partial charge is 0.369 e. The molecule has 1 N–H and O–H groups in total. The van der Waals surface area contributed by atoms with Crippen LogP contribution in [0.15, 0.2) is 0 Å². The van der Waals surface area contributed by atoms with E-state index in [2.05, 4.69) is 12.2 Å². The highest BCUT2D eigenvalue weighted by molar-refractivity contribution is 7.99. The first-order chi connectivity index (χ1) is 8.88. The number of thioether (sulfide) groups is 1. The molecule has 3 rings (SSSR count). The number of ether oxygens (including phenoxy) is 1. The molecule has 1 aliphatic carbocycles. The van der Waals surface area contributed by atoms with Gasteiger partial charge < -0.3 is 10.1 Å². The van der Waals surface area contributed by atoms with Gasteiger partial charge in [-0.25, -0.2) is 4.98 Å². The van der Waals surface area contributed by atoms with E-state index < -0.39 is 0 Å². The zero-order chi connectivity index (χ0) is 12.4. The summed E-state index contributed by atoms with van der Waals surface area (Å²) in [6, 6.07) is 0.472. The molecular weight excluding hydrogens is 264 g/mol. The molecule has 1 saturated heterocycles. The maximum atomic E-state index is 5.84. The molecule has 3 nitrogen and oxygen atoms in total. The number of aromatic nitrogens is 1. The van der Waals surface area contributed by atoms with Crippen molar-refractivity contribution in [3.63, 3.8) is 0 Å². The Morgan fingerprint density at radius 3 is 3.22 bits per heavy atom. The van der Waals surface area contributed by atoms with Gasteiger partial charge >= 0.3 is 0 Å². The molecule has 1 aromatic rings. The first-order valence-electron chi connectivity index (χ1n) is 6.80. The molecule has 18 heavy (non-hydrogen) atoms. The third-order valence-corrected chi connectivity index (χ3v) is 5.73. The summed E-state index contributed by atoms with van der Waals surface area (Å²) in [5.41, 5.74) is 1.31. The Bertz CT molecular complexity index is 402. The van der Waals surface area contributed by atoms with E-state index in [1.54, 1.807) is 0 Å². The van der Waals surface area contributed by atoms with Gasteiger partial charge in [0.2, 0.25) is 0 Å². The molecule has 2 unspecified atom stereocenters. The minimum atomic E-state index is 0.238. The van der Waals surface area contributed by atoms with Crippen LogP contribution in [0.4, 0.5) is 0 Å². The first kappa shape index (κ1) is 12.9. The third-order valence-electron chi connectivity index (χ3n) is 3.51. The number of nitrogens with one attached hydrogen (secondary N) is 1. The Morgan fingerprint density at radius 1 is 1.50 bits per heavy atom. The van der Waals surface area contributed by atoms with Crippen molar-refractivity contribution in [2.45, 2.75) is 38.3 Å². The fourth-order valence-corrected chi connectivity index (χ4v) is 4.82. The van der Waals surface area contributed by atoms with E-state index in [1.807, 2.05) is 23.1 Å². The number of hydrogen-bond acceptors (Lipinski definition) is 5. The van der Waals surface area contributed by atoms with Crippen LogP contribution in [0.3, 0.4) is 0 Å². The van der Waals surface area contributed by atoms with Crippen molar-refractivity contribution in [3.8, 4) is 0 Å². The zero-order valence-corrected chi connectivity index (χ0v) is 12.4. The van der Waals surface area contributed by atoms with Gasteiger partial charge in [0, 0.05) is 16.4 Å². The third kappa shape index (κ3) is 2.59. The second-order valence-electron chi connectivity index (χ2n) is 4.80. The lowest BCUT2D eigenvalue weighted by molar-refractivity contribution is 0.0753. The van der Waals surface area contributed by atoms with E-state index >= 15 is 0 Å². The molecule has 0 amide bonds. The summed E-state index contributed by atoms with van der Waals surface area (Å²) in [5, 5.41) is 4.76. The van der Waals surface area contributed by atoms with Crippen molar-refractivity contribution in [1.29, 1.82) is 0 Å². The van der Waals surface area contributed by atoms with E-state index in [9.17, 15) is 0 Å². The van der Waals surface area contributed by atoms with Gasteiger partial charge in [-0.05, 0) is 25.8 Å². The Hall–Kier alpha value is -0.100. The van der Waals surface area contributed by atoms with E-state index in [0.717, 1.165) is 24.7 Å². The molecular formula is C13H20N2OS2. The highest BCUT2D eigenvalue weighted by Gasteiger charge is 2.27. The minimum Gasteiger partial charge on any atom is -0.369 e. The van der Waals surface area contributed by atoms with Crippen molar-refractivity contribution in [1.82, 2.24) is 10.3 Å². The van der Waals surface area contributed by atoms with Gasteiger partial charge in [0.05, 0.1) is 18.3 Å².